The van der Waals surface area contributed by atoms with Gasteiger partial charge in [-0.2, -0.15) is 0 Å². The third-order valence-corrected chi connectivity index (χ3v) is 4.18. The maximum Gasteiger partial charge on any atom is 0.273 e. The molecule has 0 aliphatic rings. The predicted molar refractivity (Wildman–Crippen MR) is 88.7 cm³/mol. The zero-order valence-corrected chi connectivity index (χ0v) is 13.0. The molecule has 4 nitrogen and oxygen atoms in total. The Morgan fingerprint density at radius 2 is 1.55 bits per heavy atom. The number of fused-ring (bicyclic) bond motifs is 1. The fourth-order valence-electron chi connectivity index (χ4n) is 2.58. The van der Waals surface area contributed by atoms with Crippen LogP contribution in [0.1, 0.15) is 19.4 Å². The molecular formula is C17H15ClN2O2. The van der Waals surface area contributed by atoms with Crippen molar-refractivity contribution in [1.29, 1.82) is 0 Å². The maximum absolute atomic E-state index is 12.7. The molecule has 112 valence electrons. The number of nitrogens with zero attached hydrogens (tertiary/aromatic N) is 1. The van der Waals surface area contributed by atoms with Crippen molar-refractivity contribution in [3.05, 3.63) is 79.8 Å². The van der Waals surface area contributed by atoms with Gasteiger partial charge in [0.25, 0.3) is 11.1 Å². The Balaban J connectivity index is 2.29. The van der Waals surface area contributed by atoms with Crippen LogP contribution in [0.2, 0.25) is 5.02 Å². The normalized spacial score (nSPS) is 11.8. The van der Waals surface area contributed by atoms with E-state index in [1.165, 1.54) is 4.68 Å². The summed E-state index contributed by atoms with van der Waals surface area (Å²) in [7, 11) is 0. The van der Waals surface area contributed by atoms with Crippen LogP contribution in [-0.4, -0.2) is 9.78 Å². The number of nitrogens with one attached hydrogen (secondary N) is 1. The number of benzene rings is 2. The molecular weight excluding hydrogens is 300 g/mol. The molecule has 1 aromatic heterocycles. The minimum atomic E-state index is -0.704. The molecule has 0 saturated heterocycles. The molecule has 3 aromatic rings. The average molecular weight is 315 g/mol. The molecule has 0 bridgehead atoms. The molecule has 1 heterocycles. The highest BCUT2D eigenvalue weighted by molar-refractivity contribution is 6.30. The van der Waals surface area contributed by atoms with Crippen LogP contribution in [0.5, 0.6) is 0 Å². The molecule has 0 aliphatic carbocycles. The van der Waals surface area contributed by atoms with E-state index in [4.69, 9.17) is 11.6 Å². The number of hydrogen-bond donors (Lipinski definition) is 1. The Morgan fingerprint density at radius 3 is 2.18 bits per heavy atom. The Labute approximate surface area is 132 Å². The van der Waals surface area contributed by atoms with Gasteiger partial charge < -0.3 is 0 Å². The molecule has 0 fully saturated rings. The summed E-state index contributed by atoms with van der Waals surface area (Å²) < 4.78 is 1.38. The van der Waals surface area contributed by atoms with E-state index < -0.39 is 5.54 Å². The van der Waals surface area contributed by atoms with Gasteiger partial charge in [0.15, 0.2) is 0 Å². The van der Waals surface area contributed by atoms with Crippen molar-refractivity contribution in [3.8, 4) is 0 Å². The third kappa shape index (κ3) is 2.25. The number of rotatable bonds is 2. The molecule has 2 aromatic carbocycles. The minimum Gasteiger partial charge on any atom is -0.267 e. The summed E-state index contributed by atoms with van der Waals surface area (Å²) in [6.45, 7) is 3.75. The molecule has 0 radical (unpaired) electrons. The van der Waals surface area contributed by atoms with Gasteiger partial charge in [0.05, 0.1) is 16.3 Å². The van der Waals surface area contributed by atoms with Crippen LogP contribution in [0.4, 0.5) is 0 Å². The summed E-state index contributed by atoms with van der Waals surface area (Å²) >= 11 is 5.92. The predicted octanol–water partition coefficient (Wildman–Crippen LogP) is 3.13. The van der Waals surface area contributed by atoms with Crippen LogP contribution >= 0.6 is 11.6 Å². The molecule has 0 unspecified atom stereocenters. The lowest BCUT2D eigenvalue weighted by molar-refractivity contribution is 0.370. The fourth-order valence-corrected chi connectivity index (χ4v) is 2.71. The van der Waals surface area contributed by atoms with Crippen molar-refractivity contribution >= 4 is 22.4 Å². The van der Waals surface area contributed by atoms with E-state index in [0.717, 1.165) is 5.56 Å². The van der Waals surface area contributed by atoms with Crippen molar-refractivity contribution < 1.29 is 0 Å². The summed E-state index contributed by atoms with van der Waals surface area (Å²) in [5, 5.41) is 4.12. The number of aromatic nitrogens is 2. The highest BCUT2D eigenvalue weighted by Crippen LogP contribution is 2.24. The molecule has 0 amide bonds. The zero-order chi connectivity index (χ0) is 15.9. The summed E-state index contributed by atoms with van der Waals surface area (Å²) in [5.41, 5.74) is -0.331. The van der Waals surface area contributed by atoms with Gasteiger partial charge in [0.1, 0.15) is 0 Å². The largest absolute Gasteiger partial charge is 0.273 e. The SMILES string of the molecule is CC(C)(c1ccc(Cl)cc1)n1[nH]c(=O)c2ccccc2c1=O. The monoisotopic (exact) mass is 314 g/mol. The summed E-state index contributed by atoms with van der Waals surface area (Å²) in [5.74, 6) is 0. The lowest BCUT2D eigenvalue weighted by Gasteiger charge is -2.27. The van der Waals surface area contributed by atoms with Crippen LogP contribution in [0.15, 0.2) is 58.1 Å². The van der Waals surface area contributed by atoms with E-state index in [1.54, 1.807) is 36.4 Å². The van der Waals surface area contributed by atoms with Gasteiger partial charge in [-0.15, -0.1) is 0 Å². The highest BCUT2D eigenvalue weighted by Gasteiger charge is 2.26. The van der Waals surface area contributed by atoms with E-state index in [0.29, 0.717) is 15.8 Å². The Hall–Kier alpha value is -2.33. The standard InChI is InChI=1S/C17H15ClN2O2/c1-17(2,11-7-9-12(18)10-8-11)20-16(22)14-6-4-3-5-13(14)15(21)19-20/h3-10H,1-2H3,(H,19,21). The van der Waals surface area contributed by atoms with Gasteiger partial charge in [-0.25, -0.2) is 4.68 Å². The summed E-state index contributed by atoms with van der Waals surface area (Å²) in [6.07, 6.45) is 0. The number of halogens is 1. The van der Waals surface area contributed by atoms with E-state index in [2.05, 4.69) is 5.10 Å². The van der Waals surface area contributed by atoms with E-state index >= 15 is 0 Å². The van der Waals surface area contributed by atoms with Crippen molar-refractivity contribution in [2.45, 2.75) is 19.4 Å². The first-order valence-electron chi connectivity index (χ1n) is 6.92. The maximum atomic E-state index is 12.7. The molecule has 0 aliphatic heterocycles. The average Bonchev–Trinajstić information content (AvgIpc) is 2.51. The van der Waals surface area contributed by atoms with Gasteiger partial charge in [-0.3, -0.25) is 14.7 Å². The van der Waals surface area contributed by atoms with Crippen molar-refractivity contribution in [2.75, 3.05) is 0 Å². The Kier molecular flexibility index (Phi) is 3.41. The van der Waals surface area contributed by atoms with E-state index in [-0.39, 0.29) is 11.1 Å². The first-order valence-corrected chi connectivity index (χ1v) is 7.29. The number of aromatic amines is 1. The first-order chi connectivity index (χ1) is 10.4. The Morgan fingerprint density at radius 1 is 0.955 bits per heavy atom. The van der Waals surface area contributed by atoms with Gasteiger partial charge in [-0.05, 0) is 43.7 Å². The van der Waals surface area contributed by atoms with Crippen LogP contribution in [0.3, 0.4) is 0 Å². The second-order valence-corrected chi connectivity index (χ2v) is 6.13. The molecule has 1 N–H and O–H groups in total. The topological polar surface area (TPSA) is 54.9 Å². The van der Waals surface area contributed by atoms with Crippen LogP contribution in [0, 0.1) is 0 Å². The first kappa shape index (κ1) is 14.6. The van der Waals surface area contributed by atoms with Gasteiger partial charge >= 0.3 is 0 Å². The molecule has 5 heteroatoms. The van der Waals surface area contributed by atoms with Crippen molar-refractivity contribution in [3.63, 3.8) is 0 Å². The summed E-state index contributed by atoms with van der Waals surface area (Å²) in [6, 6.07) is 14.0. The van der Waals surface area contributed by atoms with Gasteiger partial charge in [-0.1, -0.05) is 35.9 Å². The lowest BCUT2D eigenvalue weighted by Crippen LogP contribution is -2.42. The molecule has 0 saturated carbocycles. The second-order valence-electron chi connectivity index (χ2n) is 5.69. The zero-order valence-electron chi connectivity index (χ0n) is 12.3. The lowest BCUT2D eigenvalue weighted by atomic mass is 9.94. The number of H-pyrrole nitrogens is 1. The molecule has 0 atom stereocenters. The minimum absolute atomic E-state index is 0.227. The molecule has 3 rings (SSSR count). The Bertz CT molecular complexity index is 953. The van der Waals surface area contributed by atoms with E-state index in [9.17, 15) is 9.59 Å². The smallest absolute Gasteiger partial charge is 0.267 e. The van der Waals surface area contributed by atoms with Crippen LogP contribution in [-0.2, 0) is 5.54 Å². The van der Waals surface area contributed by atoms with Crippen LogP contribution < -0.4 is 11.1 Å². The number of hydrogen-bond acceptors (Lipinski definition) is 2. The molecule has 22 heavy (non-hydrogen) atoms. The molecule has 0 spiro atoms. The second kappa shape index (κ2) is 5.14. The van der Waals surface area contributed by atoms with Gasteiger partial charge in [0, 0.05) is 5.02 Å². The highest BCUT2D eigenvalue weighted by atomic mass is 35.5. The fraction of sp³-hybridized carbons (Fsp3) is 0.176. The quantitative estimate of drug-likeness (QED) is 0.790. The van der Waals surface area contributed by atoms with Crippen LogP contribution in [0.25, 0.3) is 10.8 Å². The van der Waals surface area contributed by atoms with Gasteiger partial charge in [0.2, 0.25) is 0 Å². The van der Waals surface area contributed by atoms with Crippen molar-refractivity contribution in [2.24, 2.45) is 0 Å². The van der Waals surface area contributed by atoms with Crippen molar-refractivity contribution in [1.82, 2.24) is 9.78 Å². The van der Waals surface area contributed by atoms with E-state index in [1.807, 2.05) is 26.0 Å². The third-order valence-electron chi connectivity index (χ3n) is 3.93. The summed E-state index contributed by atoms with van der Waals surface area (Å²) in [4.78, 5) is 25.0.